The molecule has 1 saturated heterocycles. The number of amides is 1. The summed E-state index contributed by atoms with van der Waals surface area (Å²) in [7, 11) is 0. The molecule has 8 nitrogen and oxygen atoms in total. The summed E-state index contributed by atoms with van der Waals surface area (Å²) in [5, 5.41) is 3.31. The first-order chi connectivity index (χ1) is 15.9. The van der Waals surface area contributed by atoms with Crippen molar-refractivity contribution in [1.82, 2.24) is 15.0 Å². The summed E-state index contributed by atoms with van der Waals surface area (Å²) < 4.78 is 5.40. The van der Waals surface area contributed by atoms with Gasteiger partial charge in [0.25, 0.3) is 0 Å². The fourth-order valence-corrected chi connectivity index (χ4v) is 4.69. The number of carbonyl (C=O) groups excluding carboxylic acids is 2. The van der Waals surface area contributed by atoms with Crippen molar-refractivity contribution >= 4 is 34.3 Å². The highest BCUT2D eigenvalue weighted by Gasteiger charge is 2.27. The first-order valence-corrected chi connectivity index (χ1v) is 11.8. The van der Waals surface area contributed by atoms with Gasteiger partial charge in [0.05, 0.1) is 5.69 Å². The molecule has 1 fully saturated rings. The molecule has 3 heterocycles. The van der Waals surface area contributed by atoms with Crippen molar-refractivity contribution < 1.29 is 14.3 Å². The van der Waals surface area contributed by atoms with Crippen LogP contribution < -0.4 is 10.2 Å². The zero-order valence-corrected chi connectivity index (χ0v) is 19.8. The van der Waals surface area contributed by atoms with Gasteiger partial charge < -0.3 is 15.0 Å². The van der Waals surface area contributed by atoms with E-state index < -0.39 is 5.97 Å². The van der Waals surface area contributed by atoms with Crippen LogP contribution in [0.2, 0.25) is 0 Å². The van der Waals surface area contributed by atoms with Crippen molar-refractivity contribution in [3.8, 4) is 0 Å². The quantitative estimate of drug-likeness (QED) is 0.548. The van der Waals surface area contributed by atoms with Crippen molar-refractivity contribution in [1.29, 1.82) is 0 Å². The van der Waals surface area contributed by atoms with Gasteiger partial charge in [-0.25, -0.2) is 19.7 Å². The van der Waals surface area contributed by atoms with Gasteiger partial charge in [-0.3, -0.25) is 4.79 Å². The molecule has 0 radical (unpaired) electrons. The van der Waals surface area contributed by atoms with Crippen molar-refractivity contribution in [2.45, 2.75) is 40.2 Å². The molecule has 4 rings (SSSR count). The molecule has 0 saturated carbocycles. The number of thiazole rings is 1. The predicted octanol–water partition coefficient (Wildman–Crippen LogP) is 4.07. The minimum atomic E-state index is -0.434. The van der Waals surface area contributed by atoms with Crippen molar-refractivity contribution in [3.63, 3.8) is 0 Å². The first kappa shape index (κ1) is 22.8. The number of aromatic nitrogens is 3. The van der Waals surface area contributed by atoms with Gasteiger partial charge in [0.15, 0.2) is 5.13 Å². The Morgan fingerprint density at radius 1 is 1.06 bits per heavy atom. The number of benzene rings is 1. The molecule has 1 aromatic carbocycles. The minimum Gasteiger partial charge on any atom is -0.457 e. The van der Waals surface area contributed by atoms with Crippen molar-refractivity contribution in [2.24, 2.45) is 5.92 Å². The summed E-state index contributed by atoms with van der Waals surface area (Å²) in [6.45, 7) is 7.29. The van der Waals surface area contributed by atoms with Gasteiger partial charge >= 0.3 is 5.97 Å². The molecule has 0 unspecified atom stereocenters. The number of nitrogens with zero attached hydrogens (tertiary/aromatic N) is 4. The maximum Gasteiger partial charge on any atom is 0.350 e. The number of nitrogens with one attached hydrogen (secondary N) is 1. The molecule has 0 spiro atoms. The van der Waals surface area contributed by atoms with Crippen LogP contribution in [0.25, 0.3) is 0 Å². The molecular weight excluding hydrogens is 438 g/mol. The Kier molecular flexibility index (Phi) is 6.98. The smallest absolute Gasteiger partial charge is 0.350 e. The lowest BCUT2D eigenvalue weighted by atomic mass is 9.96. The van der Waals surface area contributed by atoms with Crippen LogP contribution in [0.15, 0.2) is 36.4 Å². The highest BCUT2D eigenvalue weighted by molar-refractivity contribution is 7.17. The number of esters is 1. The lowest BCUT2D eigenvalue weighted by Gasteiger charge is -2.31. The number of anilines is 2. The zero-order valence-electron chi connectivity index (χ0n) is 19.0. The fourth-order valence-electron chi connectivity index (χ4n) is 3.83. The van der Waals surface area contributed by atoms with Gasteiger partial charge in [-0.2, -0.15) is 0 Å². The molecule has 0 atom stereocenters. The first-order valence-electron chi connectivity index (χ1n) is 11.0. The van der Waals surface area contributed by atoms with Crippen LogP contribution in [0.1, 0.15) is 45.2 Å². The highest BCUT2D eigenvalue weighted by Crippen LogP contribution is 2.27. The van der Waals surface area contributed by atoms with E-state index in [2.05, 4.69) is 25.2 Å². The summed E-state index contributed by atoms with van der Waals surface area (Å²) in [5.41, 5.74) is 3.35. The van der Waals surface area contributed by atoms with E-state index in [-0.39, 0.29) is 18.4 Å². The molecule has 2 aromatic heterocycles. The Balaban J connectivity index is 1.31. The number of piperidine rings is 1. The van der Waals surface area contributed by atoms with Gasteiger partial charge in [0.1, 0.15) is 11.5 Å². The average molecular weight is 466 g/mol. The van der Waals surface area contributed by atoms with E-state index in [4.69, 9.17) is 4.74 Å². The molecule has 1 N–H and O–H groups in total. The second kappa shape index (κ2) is 10.1. The van der Waals surface area contributed by atoms with Crippen LogP contribution in [0.3, 0.4) is 0 Å². The van der Waals surface area contributed by atoms with Crippen molar-refractivity contribution in [3.05, 3.63) is 63.9 Å². The minimum absolute atomic E-state index is 0.0751. The van der Waals surface area contributed by atoms with E-state index in [1.165, 1.54) is 0 Å². The lowest BCUT2D eigenvalue weighted by Crippen LogP contribution is -2.39. The number of hydrogen-bond donors (Lipinski definition) is 1. The van der Waals surface area contributed by atoms with E-state index in [9.17, 15) is 9.59 Å². The fraction of sp³-hybridized carbons (Fsp3) is 0.375. The third-order valence-corrected chi connectivity index (χ3v) is 6.60. The molecule has 33 heavy (non-hydrogen) atoms. The molecule has 0 bridgehead atoms. The monoisotopic (exact) mass is 465 g/mol. The maximum absolute atomic E-state index is 12.8. The third-order valence-electron chi connectivity index (χ3n) is 5.54. The second-order valence-corrected chi connectivity index (χ2v) is 9.20. The molecule has 1 amide bonds. The number of ether oxygens (including phenoxy) is 1. The molecule has 0 aliphatic carbocycles. The van der Waals surface area contributed by atoms with E-state index in [0.717, 1.165) is 47.3 Å². The van der Waals surface area contributed by atoms with Gasteiger partial charge in [0, 0.05) is 30.4 Å². The second-order valence-electron chi connectivity index (χ2n) is 8.20. The molecule has 3 aromatic rings. The normalized spacial score (nSPS) is 14.2. The maximum atomic E-state index is 12.8. The van der Waals surface area contributed by atoms with Crippen LogP contribution in [-0.2, 0) is 16.1 Å². The Labute approximate surface area is 197 Å². The summed E-state index contributed by atoms with van der Waals surface area (Å²) in [5.74, 6) is 0.0930. The van der Waals surface area contributed by atoms with Crippen molar-refractivity contribution in [2.75, 3.05) is 23.3 Å². The Bertz CT molecular complexity index is 1120. The van der Waals surface area contributed by atoms with Crippen LogP contribution in [0.4, 0.5) is 11.1 Å². The Morgan fingerprint density at radius 3 is 2.39 bits per heavy atom. The summed E-state index contributed by atoms with van der Waals surface area (Å²) in [6.07, 6.45) is 1.41. The van der Waals surface area contributed by atoms with E-state index >= 15 is 0 Å². The number of aryl methyl sites for hydroxylation is 3. The zero-order chi connectivity index (χ0) is 23.4. The van der Waals surface area contributed by atoms with Crippen LogP contribution in [0.5, 0.6) is 0 Å². The topological polar surface area (TPSA) is 97.3 Å². The summed E-state index contributed by atoms with van der Waals surface area (Å²) in [6, 6.07) is 11.5. The van der Waals surface area contributed by atoms with Gasteiger partial charge in [-0.05, 0) is 45.2 Å². The van der Waals surface area contributed by atoms with Gasteiger partial charge in [-0.1, -0.05) is 41.7 Å². The van der Waals surface area contributed by atoms with E-state index in [0.29, 0.717) is 28.5 Å². The molecular formula is C24H27N5O3S. The van der Waals surface area contributed by atoms with E-state index in [1.807, 2.05) is 50.2 Å². The number of rotatable bonds is 6. The van der Waals surface area contributed by atoms with Crippen LogP contribution >= 0.6 is 11.3 Å². The number of hydrogen-bond acceptors (Lipinski definition) is 8. The third kappa shape index (κ3) is 5.73. The molecule has 1 aliphatic rings. The SMILES string of the molecule is Cc1cc(C)nc(N2CCC(C(=O)Nc3nc(C)c(C(=O)OCc4ccccc4)s3)CC2)n1. The molecule has 1 aliphatic heterocycles. The van der Waals surface area contributed by atoms with Gasteiger partial charge in [0.2, 0.25) is 11.9 Å². The van der Waals surface area contributed by atoms with E-state index in [1.54, 1.807) is 6.92 Å². The van der Waals surface area contributed by atoms with Crippen LogP contribution in [0, 0.1) is 26.7 Å². The summed E-state index contributed by atoms with van der Waals surface area (Å²) in [4.78, 5) is 41.2. The summed E-state index contributed by atoms with van der Waals surface area (Å²) >= 11 is 1.15. The highest BCUT2D eigenvalue weighted by atomic mass is 32.1. The standard InChI is InChI=1S/C24H27N5O3S/c1-15-13-16(2)26-23(25-15)29-11-9-19(10-12-29)21(30)28-24-27-17(3)20(33-24)22(31)32-14-18-7-5-4-6-8-18/h4-8,13,19H,9-12,14H2,1-3H3,(H,27,28,30). The number of carbonyl (C=O) groups is 2. The molecule has 172 valence electrons. The largest absolute Gasteiger partial charge is 0.457 e. The average Bonchev–Trinajstić information content (AvgIpc) is 3.17. The van der Waals surface area contributed by atoms with Crippen LogP contribution in [-0.4, -0.2) is 39.9 Å². The Hall–Kier alpha value is -3.33. The van der Waals surface area contributed by atoms with Gasteiger partial charge in [-0.15, -0.1) is 0 Å². The Morgan fingerprint density at radius 2 is 1.73 bits per heavy atom. The lowest BCUT2D eigenvalue weighted by molar-refractivity contribution is -0.120. The molecule has 9 heteroatoms. The predicted molar refractivity (Wildman–Crippen MR) is 127 cm³/mol.